The van der Waals surface area contributed by atoms with Gasteiger partial charge >= 0.3 is 5.97 Å². The maximum Gasteiger partial charge on any atom is 0.330 e. The highest BCUT2D eigenvalue weighted by atomic mass is 35.5. The van der Waals surface area contributed by atoms with Crippen LogP contribution in [-0.4, -0.2) is 22.6 Å². The molecular formula is C15H14Cl2N2O2. The molecule has 2 aromatic rings. The first kappa shape index (κ1) is 15.6. The van der Waals surface area contributed by atoms with E-state index < -0.39 is 5.97 Å². The van der Waals surface area contributed by atoms with Crippen molar-refractivity contribution in [3.8, 4) is 0 Å². The van der Waals surface area contributed by atoms with Crippen molar-refractivity contribution in [2.24, 2.45) is 0 Å². The monoisotopic (exact) mass is 324 g/mol. The van der Waals surface area contributed by atoms with Crippen molar-refractivity contribution < 1.29 is 9.53 Å². The second-order valence-electron chi connectivity index (χ2n) is 4.41. The maximum absolute atomic E-state index is 11.2. The van der Waals surface area contributed by atoms with E-state index in [4.69, 9.17) is 23.2 Å². The number of aryl methyl sites for hydroxylation is 1. The Morgan fingerprint density at radius 3 is 2.86 bits per heavy atom. The van der Waals surface area contributed by atoms with Gasteiger partial charge < -0.3 is 9.30 Å². The number of methoxy groups -OCH3 is 1. The summed E-state index contributed by atoms with van der Waals surface area (Å²) in [4.78, 5) is 15.4. The highest BCUT2D eigenvalue weighted by Gasteiger charge is 2.08. The maximum atomic E-state index is 11.2. The van der Waals surface area contributed by atoms with E-state index in [1.807, 2.05) is 17.6 Å². The Morgan fingerprint density at radius 1 is 1.43 bits per heavy atom. The third-order valence-corrected chi connectivity index (χ3v) is 3.61. The van der Waals surface area contributed by atoms with E-state index in [-0.39, 0.29) is 0 Å². The number of nitrogens with zero attached hydrogens (tertiary/aromatic N) is 2. The summed E-state index contributed by atoms with van der Waals surface area (Å²) in [6.45, 7) is 2.43. The number of benzene rings is 1. The number of hydrogen-bond acceptors (Lipinski definition) is 3. The smallest absolute Gasteiger partial charge is 0.330 e. The number of esters is 1. The number of imidazole rings is 1. The van der Waals surface area contributed by atoms with Crippen LogP contribution in [0.15, 0.2) is 30.5 Å². The molecule has 0 radical (unpaired) electrons. The summed E-state index contributed by atoms with van der Waals surface area (Å²) in [6.07, 6.45) is 4.71. The highest BCUT2D eigenvalue weighted by molar-refractivity contribution is 6.35. The van der Waals surface area contributed by atoms with E-state index in [2.05, 4.69) is 9.72 Å². The Kier molecular flexibility index (Phi) is 5.04. The van der Waals surface area contributed by atoms with Gasteiger partial charge in [-0.1, -0.05) is 29.3 Å². The molecule has 0 fully saturated rings. The third kappa shape index (κ3) is 3.86. The van der Waals surface area contributed by atoms with Gasteiger partial charge in [0.25, 0.3) is 0 Å². The molecule has 0 aliphatic rings. The average Bonchev–Trinajstić information content (AvgIpc) is 2.80. The lowest BCUT2D eigenvalue weighted by molar-refractivity contribution is -0.134. The fourth-order valence-electron chi connectivity index (χ4n) is 1.87. The van der Waals surface area contributed by atoms with Crippen LogP contribution in [-0.2, 0) is 16.1 Å². The van der Waals surface area contributed by atoms with E-state index in [1.54, 1.807) is 24.4 Å². The number of hydrogen-bond donors (Lipinski definition) is 0. The summed E-state index contributed by atoms with van der Waals surface area (Å²) in [5, 5.41) is 1.19. The number of carbonyl (C=O) groups is 1. The van der Waals surface area contributed by atoms with Crippen LogP contribution in [0.5, 0.6) is 0 Å². The summed E-state index contributed by atoms with van der Waals surface area (Å²) >= 11 is 12.1. The van der Waals surface area contributed by atoms with Gasteiger partial charge in [0.2, 0.25) is 0 Å². The fourth-order valence-corrected chi connectivity index (χ4v) is 2.33. The van der Waals surface area contributed by atoms with Gasteiger partial charge in [-0.2, -0.15) is 0 Å². The minimum absolute atomic E-state index is 0.412. The topological polar surface area (TPSA) is 44.1 Å². The Bertz CT molecular complexity index is 693. The summed E-state index contributed by atoms with van der Waals surface area (Å²) in [6, 6.07) is 5.37. The summed E-state index contributed by atoms with van der Waals surface area (Å²) in [7, 11) is 1.34. The van der Waals surface area contributed by atoms with Crippen molar-refractivity contribution >= 4 is 35.2 Å². The van der Waals surface area contributed by atoms with E-state index in [0.717, 1.165) is 17.1 Å². The van der Waals surface area contributed by atoms with E-state index in [0.29, 0.717) is 16.6 Å². The fraction of sp³-hybridized carbons (Fsp3) is 0.200. The second-order valence-corrected chi connectivity index (χ2v) is 5.25. The first-order valence-electron chi connectivity index (χ1n) is 6.23. The van der Waals surface area contributed by atoms with Gasteiger partial charge in [0, 0.05) is 16.1 Å². The third-order valence-electron chi connectivity index (χ3n) is 3.02. The van der Waals surface area contributed by atoms with Gasteiger partial charge in [-0.3, -0.25) is 0 Å². The standard InChI is InChI=1S/C15H14Cl2N2O2/c1-10-18-8-13(5-6-15(20)21-2)19(10)9-11-3-4-12(16)7-14(11)17/h3-8H,9H2,1-2H3/b6-5+. The van der Waals surface area contributed by atoms with Crippen molar-refractivity contribution in [3.63, 3.8) is 0 Å². The lowest BCUT2D eigenvalue weighted by Gasteiger charge is -2.10. The molecule has 0 bridgehead atoms. The number of carbonyl (C=O) groups excluding carboxylic acids is 1. The van der Waals surface area contributed by atoms with Crippen LogP contribution in [0, 0.1) is 6.92 Å². The molecule has 4 nitrogen and oxygen atoms in total. The first-order valence-corrected chi connectivity index (χ1v) is 6.99. The predicted octanol–water partition coefficient (Wildman–Crippen LogP) is 3.73. The van der Waals surface area contributed by atoms with Crippen LogP contribution in [0.1, 0.15) is 17.1 Å². The van der Waals surface area contributed by atoms with Crippen molar-refractivity contribution in [2.45, 2.75) is 13.5 Å². The number of ether oxygens (including phenoxy) is 1. The van der Waals surface area contributed by atoms with Gasteiger partial charge in [0.1, 0.15) is 5.82 Å². The molecule has 0 atom stereocenters. The summed E-state index contributed by atoms with van der Waals surface area (Å²) in [5.74, 6) is 0.412. The van der Waals surface area contributed by atoms with Crippen molar-refractivity contribution in [3.05, 3.63) is 57.6 Å². The number of aromatic nitrogens is 2. The number of rotatable bonds is 4. The molecule has 0 N–H and O–H groups in total. The quantitative estimate of drug-likeness (QED) is 0.635. The van der Waals surface area contributed by atoms with Gasteiger partial charge in [-0.15, -0.1) is 0 Å². The number of halogens is 2. The largest absolute Gasteiger partial charge is 0.466 e. The molecule has 0 saturated heterocycles. The van der Waals surface area contributed by atoms with E-state index in [9.17, 15) is 4.79 Å². The molecule has 0 spiro atoms. The minimum atomic E-state index is -0.412. The van der Waals surface area contributed by atoms with Crippen LogP contribution >= 0.6 is 23.2 Å². The molecule has 0 saturated carbocycles. The van der Waals surface area contributed by atoms with Crippen molar-refractivity contribution in [1.29, 1.82) is 0 Å². The zero-order chi connectivity index (χ0) is 15.4. The lowest BCUT2D eigenvalue weighted by Crippen LogP contribution is -2.05. The van der Waals surface area contributed by atoms with E-state index >= 15 is 0 Å². The molecule has 1 aromatic heterocycles. The summed E-state index contributed by atoms with van der Waals surface area (Å²) < 4.78 is 6.53. The second kappa shape index (κ2) is 6.78. The van der Waals surface area contributed by atoms with Crippen molar-refractivity contribution in [2.75, 3.05) is 7.11 Å². The van der Waals surface area contributed by atoms with Crippen LogP contribution in [0.25, 0.3) is 6.08 Å². The van der Waals surface area contributed by atoms with Crippen LogP contribution in [0.2, 0.25) is 10.0 Å². The van der Waals surface area contributed by atoms with Gasteiger partial charge in [-0.05, 0) is 30.7 Å². The Balaban J connectivity index is 2.29. The highest BCUT2D eigenvalue weighted by Crippen LogP contribution is 2.23. The normalized spacial score (nSPS) is 11.0. The zero-order valence-corrected chi connectivity index (χ0v) is 13.1. The molecule has 21 heavy (non-hydrogen) atoms. The summed E-state index contributed by atoms with van der Waals surface area (Å²) in [5.41, 5.74) is 1.72. The Labute approximate surface area is 133 Å². The predicted molar refractivity (Wildman–Crippen MR) is 83.6 cm³/mol. The molecule has 1 aromatic carbocycles. The average molecular weight is 325 g/mol. The minimum Gasteiger partial charge on any atom is -0.466 e. The van der Waals surface area contributed by atoms with Crippen LogP contribution in [0.4, 0.5) is 0 Å². The molecule has 6 heteroatoms. The van der Waals surface area contributed by atoms with Crippen molar-refractivity contribution in [1.82, 2.24) is 9.55 Å². The molecule has 0 unspecified atom stereocenters. The van der Waals surface area contributed by atoms with Gasteiger partial charge in [0.05, 0.1) is 25.5 Å². The molecule has 0 aliphatic heterocycles. The van der Waals surface area contributed by atoms with Crippen LogP contribution in [0.3, 0.4) is 0 Å². The lowest BCUT2D eigenvalue weighted by atomic mass is 10.2. The Morgan fingerprint density at radius 2 is 2.19 bits per heavy atom. The van der Waals surface area contributed by atoms with E-state index in [1.165, 1.54) is 13.2 Å². The molecular weight excluding hydrogens is 311 g/mol. The molecule has 1 heterocycles. The molecule has 0 aliphatic carbocycles. The first-order chi connectivity index (χ1) is 10.0. The van der Waals surface area contributed by atoms with Crippen LogP contribution < -0.4 is 0 Å². The molecule has 0 amide bonds. The zero-order valence-electron chi connectivity index (χ0n) is 11.6. The Hall–Kier alpha value is -1.78. The van der Waals surface area contributed by atoms with Gasteiger partial charge in [-0.25, -0.2) is 9.78 Å². The molecule has 110 valence electrons. The van der Waals surface area contributed by atoms with Gasteiger partial charge in [0.15, 0.2) is 0 Å². The molecule has 2 rings (SSSR count). The SMILES string of the molecule is COC(=O)/C=C/c1cnc(C)n1Cc1ccc(Cl)cc1Cl.